The molecule has 2 unspecified atom stereocenters. The minimum absolute atomic E-state index is 0.0761. The Hall–Kier alpha value is -3.26. The molecule has 0 aliphatic heterocycles. The van der Waals surface area contributed by atoms with Gasteiger partial charge >= 0.3 is 5.97 Å². The maximum Gasteiger partial charge on any atom is 0.307 e. The van der Waals surface area contributed by atoms with Gasteiger partial charge in [0.2, 0.25) is 0 Å². The summed E-state index contributed by atoms with van der Waals surface area (Å²) in [6, 6.07) is 3.80. The quantitative estimate of drug-likeness (QED) is 0.427. The number of rotatable bonds is 5. The second-order valence-electron chi connectivity index (χ2n) is 9.08. The molecule has 8 nitrogen and oxygen atoms in total. The first-order valence-corrected chi connectivity index (χ1v) is 11.6. The molecule has 4 heterocycles. The molecule has 0 amide bonds. The van der Waals surface area contributed by atoms with E-state index in [1.54, 1.807) is 18.7 Å². The third kappa shape index (κ3) is 3.58. The van der Waals surface area contributed by atoms with Gasteiger partial charge in [-0.3, -0.25) is 4.79 Å². The molecular weight excluding hydrogens is 442 g/mol. The van der Waals surface area contributed by atoms with Gasteiger partial charge in [-0.25, -0.2) is 19.9 Å². The number of nitrogens with zero attached hydrogens (tertiary/aromatic N) is 4. The molecular formula is C24H22ClN5O3. The molecule has 4 aromatic rings. The lowest BCUT2D eigenvalue weighted by atomic mass is 9.57. The molecule has 3 aliphatic carbocycles. The summed E-state index contributed by atoms with van der Waals surface area (Å²) in [6.07, 6.45) is 11.4. The zero-order chi connectivity index (χ0) is 22.5. The standard InChI is InChI=1S/C24H22ClN5O3/c25-19-10-27-23-21(30-19)17(9-26-23)22-28-15(8-18(29-22)14-5-6-33-11-14)7-16-12-1-3-13(4-2-12)20(16)24(31)32/h5-6,8-13,16,20H,1-4,7H2,(H,26,27)(H,31,32). The Morgan fingerprint density at radius 1 is 1.18 bits per heavy atom. The zero-order valence-electron chi connectivity index (χ0n) is 17.7. The number of hydrogen-bond donors (Lipinski definition) is 2. The number of carbonyl (C=O) groups is 1. The van der Waals surface area contributed by atoms with Gasteiger partial charge in [0.25, 0.3) is 0 Å². The smallest absolute Gasteiger partial charge is 0.307 e. The van der Waals surface area contributed by atoms with Crippen LogP contribution in [0.1, 0.15) is 31.4 Å². The van der Waals surface area contributed by atoms with Crippen LogP contribution in [0.5, 0.6) is 0 Å². The normalized spacial score (nSPS) is 24.4. The number of furan rings is 1. The average molecular weight is 464 g/mol. The Kier molecular flexibility index (Phi) is 4.90. The monoisotopic (exact) mass is 463 g/mol. The Morgan fingerprint density at radius 2 is 2.00 bits per heavy atom. The summed E-state index contributed by atoms with van der Waals surface area (Å²) in [5.74, 6) is 0.265. The Balaban J connectivity index is 1.45. The predicted molar refractivity (Wildman–Crippen MR) is 121 cm³/mol. The lowest BCUT2D eigenvalue weighted by molar-refractivity contribution is -0.152. The zero-order valence-corrected chi connectivity index (χ0v) is 18.5. The fourth-order valence-corrected chi connectivity index (χ4v) is 5.95. The van der Waals surface area contributed by atoms with Crippen LogP contribution >= 0.6 is 11.6 Å². The highest BCUT2D eigenvalue weighted by atomic mass is 35.5. The average Bonchev–Trinajstić information content (AvgIpc) is 3.49. The molecule has 2 N–H and O–H groups in total. The Bertz CT molecular complexity index is 1330. The van der Waals surface area contributed by atoms with Crippen LogP contribution in [-0.2, 0) is 11.2 Å². The van der Waals surface area contributed by atoms with Crippen molar-refractivity contribution in [2.45, 2.75) is 32.1 Å². The molecule has 0 aromatic carbocycles. The van der Waals surface area contributed by atoms with Gasteiger partial charge in [-0.15, -0.1) is 0 Å². The van der Waals surface area contributed by atoms with Crippen LogP contribution in [0.15, 0.2) is 41.5 Å². The van der Waals surface area contributed by atoms with Gasteiger partial charge < -0.3 is 14.5 Å². The van der Waals surface area contributed by atoms with Crippen molar-refractivity contribution in [3.63, 3.8) is 0 Å². The van der Waals surface area contributed by atoms with Crippen LogP contribution in [0.4, 0.5) is 0 Å². The maximum absolute atomic E-state index is 12.2. The second kappa shape index (κ2) is 7.95. The number of aliphatic carboxylic acids is 1. The molecule has 4 aromatic heterocycles. The van der Waals surface area contributed by atoms with Gasteiger partial charge in [-0.2, -0.15) is 0 Å². The van der Waals surface area contributed by atoms with Gasteiger partial charge in [-0.1, -0.05) is 11.6 Å². The highest BCUT2D eigenvalue weighted by Crippen LogP contribution is 2.50. The van der Waals surface area contributed by atoms with Crippen molar-refractivity contribution in [3.05, 3.63) is 47.9 Å². The highest BCUT2D eigenvalue weighted by Gasteiger charge is 2.47. The first-order valence-electron chi connectivity index (χ1n) is 11.2. The fraction of sp³-hybridized carbons (Fsp3) is 0.375. The largest absolute Gasteiger partial charge is 0.481 e. The molecule has 2 atom stereocenters. The number of aromatic amines is 1. The first-order chi connectivity index (χ1) is 16.1. The van der Waals surface area contributed by atoms with Gasteiger partial charge in [0.15, 0.2) is 11.5 Å². The van der Waals surface area contributed by atoms with E-state index in [2.05, 4.69) is 15.0 Å². The molecule has 0 radical (unpaired) electrons. The summed E-state index contributed by atoms with van der Waals surface area (Å²) in [7, 11) is 0. The molecule has 0 spiro atoms. The third-order valence-corrected chi connectivity index (χ3v) is 7.49. The molecule has 0 saturated heterocycles. The third-order valence-electron chi connectivity index (χ3n) is 7.31. The summed E-state index contributed by atoms with van der Waals surface area (Å²) < 4.78 is 5.28. The number of nitrogens with one attached hydrogen (secondary N) is 1. The summed E-state index contributed by atoms with van der Waals surface area (Å²) in [6.45, 7) is 0. The predicted octanol–water partition coefficient (Wildman–Crippen LogP) is 5.01. The first kappa shape index (κ1) is 20.4. The lowest BCUT2D eigenvalue weighted by Gasteiger charge is -2.46. The number of carboxylic acid groups (broad SMARTS) is 1. The molecule has 2 bridgehead atoms. The summed E-state index contributed by atoms with van der Waals surface area (Å²) in [4.78, 5) is 33.6. The van der Waals surface area contributed by atoms with E-state index < -0.39 is 5.97 Å². The minimum Gasteiger partial charge on any atom is -0.481 e. The van der Waals surface area contributed by atoms with Crippen molar-refractivity contribution >= 4 is 28.7 Å². The van der Waals surface area contributed by atoms with Crippen LogP contribution in [0.25, 0.3) is 33.8 Å². The molecule has 7 rings (SSSR count). The van der Waals surface area contributed by atoms with Crippen LogP contribution in [0.3, 0.4) is 0 Å². The van der Waals surface area contributed by atoms with Gasteiger partial charge in [0.05, 0.1) is 35.9 Å². The van der Waals surface area contributed by atoms with Crippen molar-refractivity contribution in [1.29, 1.82) is 0 Å². The van der Waals surface area contributed by atoms with E-state index in [1.807, 2.05) is 12.1 Å². The van der Waals surface area contributed by atoms with Crippen molar-refractivity contribution in [2.24, 2.45) is 23.7 Å². The van der Waals surface area contributed by atoms with Crippen molar-refractivity contribution < 1.29 is 14.3 Å². The van der Waals surface area contributed by atoms with E-state index in [-0.39, 0.29) is 22.9 Å². The molecule has 9 heteroatoms. The highest BCUT2D eigenvalue weighted by molar-refractivity contribution is 6.29. The molecule has 33 heavy (non-hydrogen) atoms. The van der Waals surface area contributed by atoms with Crippen molar-refractivity contribution in [1.82, 2.24) is 24.9 Å². The van der Waals surface area contributed by atoms with Crippen LogP contribution < -0.4 is 0 Å². The Morgan fingerprint density at radius 3 is 2.76 bits per heavy atom. The van der Waals surface area contributed by atoms with E-state index in [4.69, 9.17) is 26.0 Å². The number of hydrogen-bond acceptors (Lipinski definition) is 6. The van der Waals surface area contributed by atoms with Gasteiger partial charge in [0, 0.05) is 17.5 Å². The van der Waals surface area contributed by atoms with E-state index in [0.29, 0.717) is 34.9 Å². The Labute approximate surface area is 194 Å². The minimum atomic E-state index is -0.680. The summed E-state index contributed by atoms with van der Waals surface area (Å²) in [5.41, 5.74) is 4.28. The van der Waals surface area contributed by atoms with Crippen LogP contribution in [0.2, 0.25) is 5.15 Å². The number of H-pyrrole nitrogens is 1. The fourth-order valence-electron chi connectivity index (χ4n) is 5.82. The maximum atomic E-state index is 12.2. The van der Waals surface area contributed by atoms with Crippen molar-refractivity contribution in [3.8, 4) is 22.6 Å². The summed E-state index contributed by atoms with van der Waals surface area (Å²) >= 11 is 6.09. The molecule has 3 saturated carbocycles. The SMILES string of the molecule is O=C(O)C1C2CCC(CC2)C1Cc1cc(-c2ccoc2)nc(-c2c[nH]c3ncc(Cl)nc23)n1. The number of halogens is 1. The lowest BCUT2D eigenvalue weighted by Crippen LogP contribution is -2.45. The van der Waals surface area contributed by atoms with Crippen molar-refractivity contribution in [2.75, 3.05) is 0 Å². The number of fused-ring (bicyclic) bond motifs is 4. The van der Waals surface area contributed by atoms with Crippen LogP contribution in [0, 0.1) is 23.7 Å². The summed E-state index contributed by atoms with van der Waals surface area (Å²) in [5, 5.41) is 10.3. The van der Waals surface area contributed by atoms with Gasteiger partial charge in [-0.05, 0) is 62.0 Å². The topological polar surface area (TPSA) is 118 Å². The second-order valence-corrected chi connectivity index (χ2v) is 9.47. The van der Waals surface area contributed by atoms with Crippen LogP contribution in [-0.4, -0.2) is 36.0 Å². The van der Waals surface area contributed by atoms with E-state index >= 15 is 0 Å². The van der Waals surface area contributed by atoms with E-state index in [0.717, 1.165) is 42.6 Å². The van der Waals surface area contributed by atoms with Gasteiger partial charge in [0.1, 0.15) is 10.7 Å². The number of carboxylic acids is 1. The number of aromatic nitrogens is 5. The van der Waals surface area contributed by atoms with E-state index in [1.165, 1.54) is 6.20 Å². The molecule has 3 fully saturated rings. The molecule has 3 aliphatic rings. The van der Waals surface area contributed by atoms with E-state index in [9.17, 15) is 9.90 Å². The molecule has 168 valence electrons.